The van der Waals surface area contributed by atoms with Crippen molar-refractivity contribution in [2.75, 3.05) is 13.0 Å². The monoisotopic (exact) mass is 427 g/mol. The molecule has 8 heteroatoms. The molecule has 0 amide bonds. The third kappa shape index (κ3) is 4.70. The molecule has 0 bridgehead atoms. The number of rotatable bonds is 8. The van der Waals surface area contributed by atoms with Gasteiger partial charge in [-0.2, -0.15) is 0 Å². The molecule has 2 N–H and O–H groups in total. The first kappa shape index (κ1) is 22.0. The number of hydrogen-bond acceptors (Lipinski definition) is 7. The number of aromatic nitrogens is 4. The van der Waals surface area contributed by atoms with Crippen LogP contribution in [-0.2, 0) is 12.4 Å². The average Bonchev–Trinajstić information content (AvgIpc) is 3.05. The van der Waals surface area contributed by atoms with Crippen LogP contribution in [0.15, 0.2) is 29.6 Å². The van der Waals surface area contributed by atoms with Crippen molar-refractivity contribution >= 4 is 11.8 Å². The maximum Gasteiger partial charge on any atom is 0.210 e. The third-order valence-electron chi connectivity index (χ3n) is 4.97. The van der Waals surface area contributed by atoms with E-state index < -0.39 is 0 Å². The topological polar surface area (TPSA) is 88.1 Å². The van der Waals surface area contributed by atoms with E-state index in [0.717, 1.165) is 39.4 Å². The first-order valence-electron chi connectivity index (χ1n) is 9.86. The number of nitrogen functional groups attached to an aromatic ring is 1. The molecule has 2 heterocycles. The molecule has 0 aliphatic carbocycles. The molecule has 0 saturated heterocycles. The van der Waals surface area contributed by atoms with Crippen LogP contribution in [0.5, 0.6) is 11.5 Å². The number of hydrogen-bond donors (Lipinski definition) is 1. The van der Waals surface area contributed by atoms with Crippen LogP contribution in [0, 0.1) is 20.8 Å². The highest BCUT2D eigenvalue weighted by molar-refractivity contribution is 7.98. The summed E-state index contributed by atoms with van der Waals surface area (Å²) in [6.07, 6.45) is 1.82. The highest BCUT2D eigenvalue weighted by atomic mass is 32.2. The Bertz CT molecular complexity index is 1030. The molecular weight excluding hydrogens is 398 g/mol. The zero-order valence-corrected chi connectivity index (χ0v) is 19.2. The molecule has 0 saturated carbocycles. The Balaban J connectivity index is 1.70. The molecule has 30 heavy (non-hydrogen) atoms. The Labute approximate surface area is 182 Å². The fourth-order valence-corrected chi connectivity index (χ4v) is 4.14. The lowest BCUT2D eigenvalue weighted by Gasteiger charge is -2.14. The summed E-state index contributed by atoms with van der Waals surface area (Å²) in [5.74, 6) is 9.50. The summed E-state index contributed by atoms with van der Waals surface area (Å²) < 4.78 is 13.0. The molecule has 3 rings (SSSR count). The maximum absolute atomic E-state index is 6.22. The van der Waals surface area contributed by atoms with Gasteiger partial charge >= 0.3 is 0 Å². The van der Waals surface area contributed by atoms with Gasteiger partial charge in [0.15, 0.2) is 5.82 Å². The fraction of sp³-hybridized carbons (Fsp3) is 0.409. The van der Waals surface area contributed by atoms with E-state index in [9.17, 15) is 0 Å². The second-order valence-corrected chi connectivity index (χ2v) is 8.53. The number of benzene rings is 1. The van der Waals surface area contributed by atoms with Crippen LogP contribution in [0.3, 0.4) is 0 Å². The number of nitrogens with zero attached hydrogens (tertiary/aromatic N) is 4. The number of nitrogens with two attached hydrogens (primary N) is 1. The highest BCUT2D eigenvalue weighted by Gasteiger charge is 2.15. The van der Waals surface area contributed by atoms with Gasteiger partial charge < -0.3 is 15.3 Å². The van der Waals surface area contributed by atoms with E-state index in [0.29, 0.717) is 22.7 Å². The molecule has 1 aromatic carbocycles. The maximum atomic E-state index is 6.22. The zero-order chi connectivity index (χ0) is 21.8. The van der Waals surface area contributed by atoms with Crippen molar-refractivity contribution in [3.63, 3.8) is 0 Å². The van der Waals surface area contributed by atoms with Crippen molar-refractivity contribution in [1.82, 2.24) is 19.9 Å². The first-order valence-corrected chi connectivity index (χ1v) is 10.8. The molecular formula is C22H29N5O2S. The molecule has 0 fully saturated rings. The minimum atomic E-state index is 0.253. The number of methoxy groups -OCH3 is 1. The largest absolute Gasteiger partial charge is 0.496 e. The SMILES string of the molecule is COc1c(C)cnc(CSc2nnc(COc3cc(C)ccc3C(C)C)n2N)c1C. The Morgan fingerprint density at radius 1 is 1.17 bits per heavy atom. The predicted octanol–water partition coefficient (Wildman–Crippen LogP) is 4.32. The molecule has 7 nitrogen and oxygen atoms in total. The van der Waals surface area contributed by atoms with Crippen LogP contribution < -0.4 is 15.3 Å². The summed E-state index contributed by atoms with van der Waals surface area (Å²) >= 11 is 1.48. The summed E-state index contributed by atoms with van der Waals surface area (Å²) in [5, 5.41) is 9.04. The lowest BCUT2D eigenvalue weighted by Crippen LogP contribution is -2.16. The highest BCUT2D eigenvalue weighted by Crippen LogP contribution is 2.30. The van der Waals surface area contributed by atoms with Crippen molar-refractivity contribution in [3.05, 3.63) is 58.2 Å². The van der Waals surface area contributed by atoms with Crippen LogP contribution in [0.4, 0.5) is 0 Å². The van der Waals surface area contributed by atoms with E-state index in [1.54, 1.807) is 7.11 Å². The van der Waals surface area contributed by atoms with E-state index in [4.69, 9.17) is 15.3 Å². The predicted molar refractivity (Wildman–Crippen MR) is 120 cm³/mol. The zero-order valence-electron chi connectivity index (χ0n) is 18.4. The first-order chi connectivity index (χ1) is 14.3. The van der Waals surface area contributed by atoms with Crippen molar-refractivity contribution < 1.29 is 9.47 Å². The smallest absolute Gasteiger partial charge is 0.210 e. The summed E-state index contributed by atoms with van der Waals surface area (Å²) in [5.41, 5.74) is 5.29. The Morgan fingerprint density at radius 2 is 1.93 bits per heavy atom. The van der Waals surface area contributed by atoms with Gasteiger partial charge in [0.2, 0.25) is 5.16 Å². The quantitative estimate of drug-likeness (QED) is 0.423. The molecule has 160 valence electrons. The summed E-state index contributed by atoms with van der Waals surface area (Å²) in [4.78, 5) is 4.52. The minimum Gasteiger partial charge on any atom is -0.496 e. The second-order valence-electron chi connectivity index (χ2n) is 7.59. The van der Waals surface area contributed by atoms with Gasteiger partial charge in [-0.1, -0.05) is 37.7 Å². The summed E-state index contributed by atoms with van der Waals surface area (Å²) in [6.45, 7) is 10.6. The molecule has 0 unspecified atom stereocenters. The molecule has 2 aromatic heterocycles. The molecule has 0 aliphatic rings. The van der Waals surface area contributed by atoms with Gasteiger partial charge in [0.25, 0.3) is 0 Å². The van der Waals surface area contributed by atoms with Crippen molar-refractivity contribution in [2.24, 2.45) is 0 Å². The summed E-state index contributed by atoms with van der Waals surface area (Å²) in [6, 6.07) is 6.24. The van der Waals surface area contributed by atoms with E-state index in [1.807, 2.05) is 33.0 Å². The molecule has 3 aromatic rings. The molecule has 0 spiro atoms. The normalized spacial score (nSPS) is 11.2. The third-order valence-corrected chi connectivity index (χ3v) is 5.93. The van der Waals surface area contributed by atoms with Crippen molar-refractivity contribution in [1.29, 1.82) is 0 Å². The lowest BCUT2D eigenvalue weighted by molar-refractivity contribution is 0.287. The van der Waals surface area contributed by atoms with Crippen LogP contribution in [0.1, 0.15) is 53.5 Å². The summed E-state index contributed by atoms with van der Waals surface area (Å²) in [7, 11) is 1.67. The van der Waals surface area contributed by atoms with Gasteiger partial charge in [0.05, 0.1) is 12.8 Å². The standard InChI is InChI=1S/C22H29N5O2S/c1-13(2)17-8-7-14(3)9-19(17)29-11-20-25-26-22(27(20)23)30-12-18-16(5)21(28-6)15(4)10-24-18/h7-10,13H,11-12,23H2,1-6H3. The Morgan fingerprint density at radius 3 is 2.63 bits per heavy atom. The Hall–Kier alpha value is -2.74. The average molecular weight is 428 g/mol. The van der Waals surface area contributed by atoms with Crippen molar-refractivity contribution in [3.8, 4) is 11.5 Å². The number of pyridine rings is 1. The molecule has 0 aliphatic heterocycles. The number of aryl methyl sites for hydroxylation is 2. The van der Waals surface area contributed by atoms with Crippen LogP contribution >= 0.6 is 11.8 Å². The van der Waals surface area contributed by atoms with Gasteiger partial charge in [0, 0.05) is 23.1 Å². The lowest BCUT2D eigenvalue weighted by atomic mass is 10.0. The van der Waals surface area contributed by atoms with Crippen LogP contribution in [0.2, 0.25) is 0 Å². The number of thioether (sulfide) groups is 1. The van der Waals surface area contributed by atoms with Gasteiger partial charge in [0.1, 0.15) is 18.1 Å². The minimum absolute atomic E-state index is 0.253. The number of ether oxygens (including phenoxy) is 2. The van der Waals surface area contributed by atoms with Crippen LogP contribution in [0.25, 0.3) is 0 Å². The van der Waals surface area contributed by atoms with E-state index in [-0.39, 0.29) is 6.61 Å². The second kappa shape index (κ2) is 9.38. The van der Waals surface area contributed by atoms with E-state index in [2.05, 4.69) is 41.2 Å². The van der Waals surface area contributed by atoms with Gasteiger partial charge in [-0.15, -0.1) is 10.2 Å². The fourth-order valence-electron chi connectivity index (χ4n) is 3.24. The van der Waals surface area contributed by atoms with Gasteiger partial charge in [-0.25, -0.2) is 4.68 Å². The van der Waals surface area contributed by atoms with E-state index in [1.165, 1.54) is 16.4 Å². The van der Waals surface area contributed by atoms with Crippen LogP contribution in [-0.4, -0.2) is 27.0 Å². The van der Waals surface area contributed by atoms with Gasteiger partial charge in [-0.05, 0) is 43.9 Å². The molecule has 0 atom stereocenters. The van der Waals surface area contributed by atoms with Crippen molar-refractivity contribution in [2.45, 2.75) is 58.1 Å². The Kier molecular flexibility index (Phi) is 6.87. The van der Waals surface area contributed by atoms with E-state index >= 15 is 0 Å². The van der Waals surface area contributed by atoms with Gasteiger partial charge in [-0.3, -0.25) is 4.98 Å². The molecule has 0 radical (unpaired) electrons.